The topological polar surface area (TPSA) is 84.7 Å². The van der Waals surface area contributed by atoms with Crippen LogP contribution in [-0.4, -0.2) is 15.0 Å². The quantitative estimate of drug-likeness (QED) is 0.574. The van der Waals surface area contributed by atoms with Crippen LogP contribution in [-0.2, 0) is 6.42 Å². The molecule has 0 aliphatic heterocycles. The van der Waals surface area contributed by atoms with Crippen LogP contribution in [0.4, 0.5) is 5.69 Å². The lowest BCUT2D eigenvalue weighted by atomic mass is 10.3. The molecule has 7 heteroatoms. The highest BCUT2D eigenvalue weighted by Crippen LogP contribution is 2.33. The van der Waals surface area contributed by atoms with E-state index in [1.807, 2.05) is 25.1 Å². The van der Waals surface area contributed by atoms with Crippen molar-refractivity contribution >= 4 is 39.0 Å². The average Bonchev–Trinajstić information content (AvgIpc) is 2.79. The van der Waals surface area contributed by atoms with Crippen molar-refractivity contribution in [2.24, 2.45) is 0 Å². The Hall–Kier alpha value is -1.86. The highest BCUT2D eigenvalue weighted by atomic mass is 32.2. The second kappa shape index (κ2) is 5.26. The molecule has 0 atom stereocenters. The van der Waals surface area contributed by atoms with Gasteiger partial charge in [-0.1, -0.05) is 6.92 Å². The Kier molecular flexibility index (Phi) is 3.45. The van der Waals surface area contributed by atoms with E-state index < -0.39 is 0 Å². The molecule has 0 fully saturated rings. The predicted molar refractivity (Wildman–Crippen MR) is 82.4 cm³/mol. The van der Waals surface area contributed by atoms with E-state index in [-0.39, 0.29) is 5.56 Å². The van der Waals surface area contributed by atoms with Crippen molar-refractivity contribution in [1.82, 2.24) is 15.0 Å². The second-order valence-electron chi connectivity index (χ2n) is 4.19. The van der Waals surface area contributed by atoms with Crippen LogP contribution in [0.15, 0.2) is 38.4 Å². The molecule has 3 N–H and O–H groups in total. The van der Waals surface area contributed by atoms with Crippen LogP contribution in [0.5, 0.6) is 0 Å². The van der Waals surface area contributed by atoms with Gasteiger partial charge in [0.05, 0.1) is 10.2 Å². The van der Waals surface area contributed by atoms with Gasteiger partial charge in [0, 0.05) is 18.2 Å². The Morgan fingerprint density at radius 1 is 1.35 bits per heavy atom. The fourth-order valence-electron chi connectivity index (χ4n) is 1.76. The Balaban J connectivity index is 1.96. The Morgan fingerprint density at radius 2 is 2.20 bits per heavy atom. The van der Waals surface area contributed by atoms with Gasteiger partial charge in [-0.2, -0.15) is 0 Å². The summed E-state index contributed by atoms with van der Waals surface area (Å²) in [7, 11) is 0. The van der Waals surface area contributed by atoms with Crippen LogP contribution >= 0.6 is 23.1 Å². The Bertz CT molecular complexity index is 825. The number of nitrogens with one attached hydrogen (secondary N) is 1. The van der Waals surface area contributed by atoms with E-state index >= 15 is 0 Å². The van der Waals surface area contributed by atoms with Gasteiger partial charge in [0.25, 0.3) is 5.56 Å². The molecular formula is C13H12N4OS2. The number of anilines is 1. The molecule has 0 radical (unpaired) electrons. The molecule has 0 unspecified atom stereocenters. The predicted octanol–water partition coefficient (Wildman–Crippen LogP) is 2.68. The number of hydrogen-bond donors (Lipinski definition) is 2. The van der Waals surface area contributed by atoms with Gasteiger partial charge in [-0.3, -0.25) is 4.79 Å². The van der Waals surface area contributed by atoms with Crippen LogP contribution in [0.1, 0.15) is 12.7 Å². The molecule has 102 valence electrons. The summed E-state index contributed by atoms with van der Waals surface area (Å²) in [5.74, 6) is 0.686. The molecule has 0 spiro atoms. The zero-order chi connectivity index (χ0) is 14.1. The number of nitrogen functional groups attached to an aromatic ring is 1. The molecule has 0 bridgehead atoms. The average molecular weight is 304 g/mol. The standard InChI is InChI=1S/C13H12N4OS2/c1-2-10-16-11(18)6-12(17-10)20-13-15-8-4-3-7(14)5-9(8)19-13/h3-6H,2,14H2,1H3,(H,16,17,18). The first-order valence-corrected chi connectivity index (χ1v) is 7.71. The van der Waals surface area contributed by atoms with Crippen LogP contribution in [0.3, 0.4) is 0 Å². The number of aromatic nitrogens is 3. The highest BCUT2D eigenvalue weighted by molar-refractivity contribution is 8.01. The second-order valence-corrected chi connectivity index (χ2v) is 6.49. The maximum Gasteiger partial charge on any atom is 0.251 e. The normalized spacial score (nSPS) is 11.1. The molecule has 0 aliphatic rings. The van der Waals surface area contributed by atoms with Crippen LogP contribution in [0.25, 0.3) is 10.2 Å². The molecule has 3 rings (SSSR count). The third kappa shape index (κ3) is 2.68. The summed E-state index contributed by atoms with van der Waals surface area (Å²) in [6, 6.07) is 7.12. The zero-order valence-electron chi connectivity index (χ0n) is 10.7. The number of rotatable bonds is 3. The van der Waals surface area contributed by atoms with Crippen LogP contribution in [0.2, 0.25) is 0 Å². The lowest BCUT2D eigenvalue weighted by molar-refractivity contribution is 0.870. The summed E-state index contributed by atoms with van der Waals surface area (Å²) < 4.78 is 1.89. The summed E-state index contributed by atoms with van der Waals surface area (Å²) in [5.41, 5.74) is 7.26. The molecular weight excluding hydrogens is 292 g/mol. The van der Waals surface area contributed by atoms with Crippen molar-refractivity contribution in [2.75, 3.05) is 5.73 Å². The maximum absolute atomic E-state index is 11.5. The Labute approximate surface area is 123 Å². The highest BCUT2D eigenvalue weighted by Gasteiger charge is 2.08. The first-order valence-electron chi connectivity index (χ1n) is 6.08. The number of nitrogens with zero attached hydrogens (tertiary/aromatic N) is 2. The summed E-state index contributed by atoms with van der Waals surface area (Å²) in [6.07, 6.45) is 0.694. The number of fused-ring (bicyclic) bond motifs is 1. The first-order chi connectivity index (χ1) is 9.64. The Morgan fingerprint density at radius 3 is 3.00 bits per heavy atom. The number of thiazole rings is 1. The summed E-state index contributed by atoms with van der Waals surface area (Å²) in [4.78, 5) is 23.1. The van der Waals surface area contributed by atoms with E-state index in [1.165, 1.54) is 17.8 Å². The SMILES string of the molecule is CCc1nc(Sc2nc3ccc(N)cc3s2)cc(=O)[nH]1. The molecule has 3 aromatic rings. The molecule has 0 amide bonds. The van der Waals surface area contributed by atoms with Gasteiger partial charge in [0.1, 0.15) is 10.9 Å². The molecule has 2 heterocycles. The zero-order valence-corrected chi connectivity index (χ0v) is 12.3. The lowest BCUT2D eigenvalue weighted by Gasteiger charge is -1.99. The van der Waals surface area contributed by atoms with Gasteiger partial charge >= 0.3 is 0 Å². The van der Waals surface area contributed by atoms with E-state index in [1.54, 1.807) is 11.3 Å². The van der Waals surface area contributed by atoms with Gasteiger partial charge < -0.3 is 10.7 Å². The largest absolute Gasteiger partial charge is 0.399 e. The van der Waals surface area contributed by atoms with Gasteiger partial charge in [-0.15, -0.1) is 11.3 Å². The third-order valence-electron chi connectivity index (χ3n) is 2.69. The van der Waals surface area contributed by atoms with Crippen molar-refractivity contribution in [3.05, 3.63) is 40.4 Å². The lowest BCUT2D eigenvalue weighted by Crippen LogP contribution is -2.09. The van der Waals surface area contributed by atoms with Gasteiger partial charge in [-0.05, 0) is 30.0 Å². The first kappa shape index (κ1) is 13.1. The molecule has 1 aromatic carbocycles. The van der Waals surface area contributed by atoms with E-state index in [2.05, 4.69) is 15.0 Å². The van der Waals surface area contributed by atoms with Crippen molar-refractivity contribution in [3.63, 3.8) is 0 Å². The fraction of sp³-hybridized carbons (Fsp3) is 0.154. The molecule has 0 saturated heterocycles. The molecule has 2 aromatic heterocycles. The summed E-state index contributed by atoms with van der Waals surface area (Å²) in [6.45, 7) is 1.95. The fourth-order valence-corrected chi connectivity index (χ4v) is 3.84. The van der Waals surface area contributed by atoms with Gasteiger partial charge in [0.15, 0.2) is 4.34 Å². The molecule has 0 saturated carbocycles. The molecule has 5 nitrogen and oxygen atoms in total. The van der Waals surface area contributed by atoms with E-state index in [0.29, 0.717) is 17.3 Å². The van der Waals surface area contributed by atoms with Crippen molar-refractivity contribution in [2.45, 2.75) is 22.7 Å². The van der Waals surface area contributed by atoms with Crippen molar-refractivity contribution < 1.29 is 0 Å². The number of hydrogen-bond acceptors (Lipinski definition) is 6. The van der Waals surface area contributed by atoms with E-state index in [4.69, 9.17) is 5.73 Å². The van der Waals surface area contributed by atoms with Crippen LogP contribution < -0.4 is 11.3 Å². The minimum atomic E-state index is -0.135. The minimum absolute atomic E-state index is 0.135. The molecule has 20 heavy (non-hydrogen) atoms. The summed E-state index contributed by atoms with van der Waals surface area (Å²) >= 11 is 2.94. The van der Waals surface area contributed by atoms with Gasteiger partial charge in [-0.25, -0.2) is 9.97 Å². The smallest absolute Gasteiger partial charge is 0.251 e. The number of benzene rings is 1. The van der Waals surface area contributed by atoms with Crippen molar-refractivity contribution in [3.8, 4) is 0 Å². The third-order valence-corrected chi connectivity index (χ3v) is 4.68. The summed E-state index contributed by atoms with van der Waals surface area (Å²) in [5, 5.41) is 0.664. The number of aryl methyl sites for hydroxylation is 1. The maximum atomic E-state index is 11.5. The number of aromatic amines is 1. The van der Waals surface area contributed by atoms with Crippen LogP contribution in [0, 0.1) is 0 Å². The number of nitrogens with two attached hydrogens (primary N) is 1. The monoisotopic (exact) mass is 304 g/mol. The van der Waals surface area contributed by atoms with E-state index in [0.717, 1.165) is 20.2 Å². The van der Waals surface area contributed by atoms with E-state index in [9.17, 15) is 4.79 Å². The number of H-pyrrole nitrogens is 1. The minimum Gasteiger partial charge on any atom is -0.399 e. The molecule has 0 aliphatic carbocycles. The van der Waals surface area contributed by atoms with Gasteiger partial charge in [0.2, 0.25) is 0 Å². The van der Waals surface area contributed by atoms with Crippen molar-refractivity contribution in [1.29, 1.82) is 0 Å².